The lowest BCUT2D eigenvalue weighted by Gasteiger charge is -2.09. The Bertz CT molecular complexity index is 998. The van der Waals surface area contributed by atoms with E-state index in [0.717, 1.165) is 22.9 Å². The van der Waals surface area contributed by atoms with Crippen LogP contribution in [0.5, 0.6) is 11.5 Å². The van der Waals surface area contributed by atoms with Gasteiger partial charge in [-0.15, -0.1) is 0 Å². The summed E-state index contributed by atoms with van der Waals surface area (Å²) < 4.78 is 43.2. The minimum Gasteiger partial charge on any atom is -0.494 e. The van der Waals surface area contributed by atoms with Crippen LogP contribution in [0.25, 0.3) is 0 Å². The van der Waals surface area contributed by atoms with Crippen LogP contribution in [0, 0.1) is 0 Å². The first-order valence-corrected chi connectivity index (χ1v) is 13.7. The van der Waals surface area contributed by atoms with Gasteiger partial charge in [0.2, 0.25) is 0 Å². The van der Waals surface area contributed by atoms with Gasteiger partial charge in [-0.05, 0) is 62.4 Å². The number of ether oxygens (including phenoxy) is 8. The topological polar surface area (TPSA) is 116 Å². The molecule has 0 N–H and O–H groups in total. The fourth-order valence-electron chi connectivity index (χ4n) is 3.02. The second-order valence-electron chi connectivity index (χ2n) is 8.45. The van der Waals surface area contributed by atoms with Crippen LogP contribution in [0.4, 0.5) is 11.4 Å². The molecule has 2 aromatic rings. The van der Waals surface area contributed by atoms with Crippen molar-refractivity contribution in [2.75, 3.05) is 85.9 Å². The van der Waals surface area contributed by atoms with E-state index >= 15 is 0 Å². The maximum absolute atomic E-state index is 11.2. The molecule has 0 aliphatic carbocycles. The Kier molecular flexibility index (Phi) is 18.5. The molecule has 0 saturated carbocycles. The number of carbonyl (C=O) groups is 1. The summed E-state index contributed by atoms with van der Waals surface area (Å²) in [6, 6.07) is 14.9. The molecule has 41 heavy (non-hydrogen) atoms. The van der Waals surface area contributed by atoms with Crippen molar-refractivity contribution >= 4 is 17.3 Å². The van der Waals surface area contributed by atoms with E-state index in [9.17, 15) is 4.79 Å². The SMILES string of the molecule is C=C(C)C(=O)OCCOCCOCCOCCOCCOCCOc1ccc(N=Nc2ccc(OCC)cc2)cc1. The number of hydrogen-bond donors (Lipinski definition) is 0. The number of carbonyl (C=O) groups excluding carboxylic acids is 1. The summed E-state index contributed by atoms with van der Waals surface area (Å²) in [7, 11) is 0. The van der Waals surface area contributed by atoms with Crippen molar-refractivity contribution in [3.05, 3.63) is 60.7 Å². The van der Waals surface area contributed by atoms with Crippen LogP contribution < -0.4 is 9.47 Å². The number of azo groups is 1. The first kappa shape index (κ1) is 33.9. The van der Waals surface area contributed by atoms with Gasteiger partial charge in [0.25, 0.3) is 0 Å². The molecular formula is C30H42N2O9. The Morgan fingerprint density at radius 2 is 0.951 bits per heavy atom. The molecule has 0 atom stereocenters. The van der Waals surface area contributed by atoms with Gasteiger partial charge in [0.05, 0.1) is 84.1 Å². The normalized spacial score (nSPS) is 11.1. The van der Waals surface area contributed by atoms with Gasteiger partial charge in [-0.1, -0.05) is 6.58 Å². The predicted molar refractivity (Wildman–Crippen MR) is 154 cm³/mol. The fourth-order valence-corrected chi connectivity index (χ4v) is 3.02. The molecule has 11 heteroatoms. The molecule has 0 aromatic heterocycles. The maximum Gasteiger partial charge on any atom is 0.333 e. The standard InChI is InChI=1S/C30H42N2O9/c1-4-39-28-9-5-26(6-10-28)31-32-27-7-11-29(12-8-27)40-23-21-37-19-17-35-15-13-34-14-16-36-18-20-38-22-24-41-30(33)25(2)3/h5-12H,2,4,13-24H2,1,3H3. The fraction of sp³-hybridized carbons (Fsp3) is 0.500. The molecule has 0 radical (unpaired) electrons. The van der Waals surface area contributed by atoms with Crippen molar-refractivity contribution in [3.63, 3.8) is 0 Å². The second kappa shape index (κ2) is 22.4. The van der Waals surface area contributed by atoms with Crippen molar-refractivity contribution in [3.8, 4) is 11.5 Å². The zero-order valence-electron chi connectivity index (χ0n) is 24.1. The zero-order valence-corrected chi connectivity index (χ0v) is 24.1. The van der Waals surface area contributed by atoms with E-state index in [2.05, 4.69) is 16.8 Å². The predicted octanol–water partition coefficient (Wildman–Crippen LogP) is 5.08. The van der Waals surface area contributed by atoms with Gasteiger partial charge >= 0.3 is 5.97 Å². The smallest absolute Gasteiger partial charge is 0.333 e. The lowest BCUT2D eigenvalue weighted by Crippen LogP contribution is -2.15. The zero-order chi connectivity index (χ0) is 29.4. The highest BCUT2D eigenvalue weighted by Crippen LogP contribution is 2.23. The summed E-state index contributed by atoms with van der Waals surface area (Å²) in [5.74, 6) is 1.13. The number of hydrogen-bond acceptors (Lipinski definition) is 11. The highest BCUT2D eigenvalue weighted by atomic mass is 16.6. The van der Waals surface area contributed by atoms with Gasteiger partial charge in [-0.25, -0.2) is 4.79 Å². The lowest BCUT2D eigenvalue weighted by atomic mass is 10.3. The average molecular weight is 575 g/mol. The highest BCUT2D eigenvalue weighted by Gasteiger charge is 2.02. The van der Waals surface area contributed by atoms with Crippen molar-refractivity contribution in [1.82, 2.24) is 0 Å². The Labute approximate surface area is 242 Å². The third-order valence-corrected chi connectivity index (χ3v) is 5.06. The van der Waals surface area contributed by atoms with Crippen molar-refractivity contribution in [2.24, 2.45) is 10.2 Å². The molecule has 0 fully saturated rings. The monoisotopic (exact) mass is 574 g/mol. The van der Waals surface area contributed by atoms with Gasteiger partial charge in [0.1, 0.15) is 24.7 Å². The Morgan fingerprint density at radius 3 is 1.34 bits per heavy atom. The number of rotatable bonds is 24. The van der Waals surface area contributed by atoms with Gasteiger partial charge < -0.3 is 37.9 Å². The highest BCUT2D eigenvalue weighted by molar-refractivity contribution is 5.86. The van der Waals surface area contributed by atoms with E-state index in [4.69, 9.17) is 37.9 Å². The van der Waals surface area contributed by atoms with Gasteiger partial charge in [0.15, 0.2) is 0 Å². The summed E-state index contributed by atoms with van der Waals surface area (Å²) in [5, 5.41) is 8.48. The average Bonchev–Trinajstić information content (AvgIpc) is 2.98. The summed E-state index contributed by atoms with van der Waals surface area (Å²) in [5.41, 5.74) is 1.86. The van der Waals surface area contributed by atoms with Crippen LogP contribution in [-0.2, 0) is 33.2 Å². The van der Waals surface area contributed by atoms with E-state index in [0.29, 0.717) is 84.9 Å². The van der Waals surface area contributed by atoms with Crippen LogP contribution in [0.1, 0.15) is 13.8 Å². The third kappa shape index (κ3) is 17.2. The minimum atomic E-state index is -0.413. The first-order valence-electron chi connectivity index (χ1n) is 13.7. The second-order valence-corrected chi connectivity index (χ2v) is 8.45. The summed E-state index contributed by atoms with van der Waals surface area (Å²) in [6.07, 6.45) is 0. The molecule has 0 spiro atoms. The van der Waals surface area contributed by atoms with Crippen molar-refractivity contribution in [2.45, 2.75) is 13.8 Å². The molecule has 226 valence electrons. The van der Waals surface area contributed by atoms with Gasteiger partial charge in [-0.2, -0.15) is 10.2 Å². The van der Waals surface area contributed by atoms with Crippen molar-refractivity contribution in [1.29, 1.82) is 0 Å². The summed E-state index contributed by atoms with van der Waals surface area (Å²) in [6.45, 7) is 12.8. The molecule has 0 amide bonds. The van der Waals surface area contributed by atoms with Crippen LogP contribution in [0.3, 0.4) is 0 Å². The van der Waals surface area contributed by atoms with Crippen LogP contribution in [0.2, 0.25) is 0 Å². The van der Waals surface area contributed by atoms with Gasteiger partial charge in [-0.3, -0.25) is 0 Å². The molecule has 0 heterocycles. The first-order chi connectivity index (χ1) is 20.1. The molecule has 0 aliphatic rings. The van der Waals surface area contributed by atoms with Crippen LogP contribution in [-0.4, -0.2) is 91.9 Å². The number of esters is 1. The Morgan fingerprint density at radius 1 is 0.585 bits per heavy atom. The molecule has 2 rings (SSSR count). The van der Waals surface area contributed by atoms with E-state index in [-0.39, 0.29) is 6.61 Å². The van der Waals surface area contributed by atoms with E-state index in [1.807, 2.05) is 55.5 Å². The van der Waals surface area contributed by atoms with Crippen LogP contribution >= 0.6 is 0 Å². The molecule has 11 nitrogen and oxygen atoms in total. The largest absolute Gasteiger partial charge is 0.494 e. The van der Waals surface area contributed by atoms with Crippen LogP contribution in [0.15, 0.2) is 70.9 Å². The van der Waals surface area contributed by atoms with E-state index in [1.54, 1.807) is 6.92 Å². The lowest BCUT2D eigenvalue weighted by molar-refractivity contribution is -0.140. The maximum atomic E-state index is 11.2. The quantitative estimate of drug-likeness (QED) is 0.0732. The summed E-state index contributed by atoms with van der Waals surface area (Å²) in [4.78, 5) is 11.2. The third-order valence-electron chi connectivity index (χ3n) is 5.06. The Balaban J connectivity index is 1.35. The summed E-state index contributed by atoms with van der Waals surface area (Å²) >= 11 is 0. The molecule has 2 aromatic carbocycles. The molecule has 0 saturated heterocycles. The molecule has 0 bridgehead atoms. The number of nitrogens with zero attached hydrogens (tertiary/aromatic N) is 2. The van der Waals surface area contributed by atoms with Crippen molar-refractivity contribution < 1.29 is 42.7 Å². The molecule has 0 unspecified atom stereocenters. The molecule has 0 aliphatic heterocycles. The minimum absolute atomic E-state index is 0.199. The van der Waals surface area contributed by atoms with E-state index < -0.39 is 5.97 Å². The van der Waals surface area contributed by atoms with Gasteiger partial charge in [0, 0.05) is 5.57 Å². The van der Waals surface area contributed by atoms with E-state index in [1.165, 1.54) is 0 Å². The number of benzene rings is 2. The Hall–Kier alpha value is -3.35. The molecular weight excluding hydrogens is 532 g/mol.